The third-order valence-corrected chi connectivity index (χ3v) is 8.84. The zero-order chi connectivity index (χ0) is 24.0. The number of unbranched alkanes of at least 4 members (excludes halogenated alkanes) is 4. The molecule has 0 saturated heterocycles. The molecule has 0 aromatic heterocycles. The number of hydrogen-bond acceptors (Lipinski definition) is 2. The smallest absolute Gasteiger partial charge is 0.120 e. The Labute approximate surface area is 210 Å². The highest BCUT2D eigenvalue weighted by Gasteiger charge is 2.24. The van der Waals surface area contributed by atoms with Gasteiger partial charge in [-0.25, -0.2) is 0 Å². The van der Waals surface area contributed by atoms with Crippen molar-refractivity contribution in [3.8, 4) is 11.8 Å². The Morgan fingerprint density at radius 2 is 1.35 bits per heavy atom. The topological polar surface area (TPSA) is 33.0 Å². The summed E-state index contributed by atoms with van der Waals surface area (Å²) in [6, 6.07) is 8.75. The first-order valence-electron chi connectivity index (χ1n) is 14.9. The Kier molecular flexibility index (Phi) is 12.4. The Morgan fingerprint density at radius 1 is 0.735 bits per heavy atom. The third kappa shape index (κ3) is 8.94. The van der Waals surface area contributed by atoms with Gasteiger partial charge in [-0.05, 0) is 79.9 Å². The van der Waals surface area contributed by atoms with E-state index < -0.39 is 0 Å². The van der Waals surface area contributed by atoms with E-state index in [2.05, 4.69) is 32.0 Å². The first-order chi connectivity index (χ1) is 16.7. The predicted molar refractivity (Wildman–Crippen MR) is 144 cm³/mol. The van der Waals surface area contributed by atoms with E-state index in [-0.39, 0.29) is 0 Å². The van der Waals surface area contributed by atoms with Crippen molar-refractivity contribution in [3.05, 3.63) is 29.3 Å². The zero-order valence-electron chi connectivity index (χ0n) is 22.3. The standard InChI is InChI=1S/C32H51NO/c1-3-5-6-7-8-11-27-13-15-28(16-14-27)12-9-23-34-31-21-22-32(30(24-31)25-33)29-19-17-26(10-4-2)18-20-29/h21-22,24,26-29H,3-20,23H2,1-2H3/t26-,27-,28-,29-. The van der Waals surface area contributed by atoms with Gasteiger partial charge < -0.3 is 4.74 Å². The molecule has 1 aromatic rings. The molecular weight excluding hydrogens is 414 g/mol. The molecule has 0 N–H and O–H groups in total. The fourth-order valence-corrected chi connectivity index (χ4v) is 6.66. The summed E-state index contributed by atoms with van der Waals surface area (Å²) >= 11 is 0. The van der Waals surface area contributed by atoms with Gasteiger partial charge in [-0.15, -0.1) is 0 Å². The lowest BCUT2D eigenvalue weighted by atomic mass is 9.76. The van der Waals surface area contributed by atoms with Crippen LogP contribution in [-0.4, -0.2) is 6.61 Å². The van der Waals surface area contributed by atoms with Gasteiger partial charge >= 0.3 is 0 Å². The van der Waals surface area contributed by atoms with Crippen molar-refractivity contribution in [3.63, 3.8) is 0 Å². The van der Waals surface area contributed by atoms with Gasteiger partial charge in [0.1, 0.15) is 5.75 Å². The lowest BCUT2D eigenvalue weighted by Crippen LogP contribution is -2.15. The minimum atomic E-state index is 0.559. The van der Waals surface area contributed by atoms with E-state index in [1.807, 2.05) is 6.07 Å². The average Bonchev–Trinajstić information content (AvgIpc) is 2.88. The lowest BCUT2D eigenvalue weighted by molar-refractivity contribution is 0.228. The van der Waals surface area contributed by atoms with Crippen LogP contribution in [0.5, 0.6) is 5.75 Å². The van der Waals surface area contributed by atoms with E-state index in [0.717, 1.165) is 42.1 Å². The van der Waals surface area contributed by atoms with E-state index in [0.29, 0.717) is 5.92 Å². The first kappa shape index (κ1) is 27.1. The Bertz CT molecular complexity index is 719. The van der Waals surface area contributed by atoms with Crippen LogP contribution >= 0.6 is 0 Å². The summed E-state index contributed by atoms with van der Waals surface area (Å²) in [6.45, 7) is 5.37. The van der Waals surface area contributed by atoms with Crippen molar-refractivity contribution in [2.24, 2.45) is 17.8 Å². The fourth-order valence-electron chi connectivity index (χ4n) is 6.66. The van der Waals surface area contributed by atoms with Crippen LogP contribution in [0.2, 0.25) is 0 Å². The highest BCUT2D eigenvalue weighted by molar-refractivity contribution is 5.45. The van der Waals surface area contributed by atoms with Gasteiger partial charge in [0, 0.05) is 0 Å². The maximum absolute atomic E-state index is 9.76. The van der Waals surface area contributed by atoms with Crippen LogP contribution in [0.4, 0.5) is 0 Å². The maximum atomic E-state index is 9.76. The Hall–Kier alpha value is -1.49. The number of benzene rings is 1. The summed E-state index contributed by atoms with van der Waals surface area (Å²) in [7, 11) is 0. The van der Waals surface area contributed by atoms with Crippen LogP contribution in [0.1, 0.15) is 146 Å². The van der Waals surface area contributed by atoms with Crippen LogP contribution in [0.3, 0.4) is 0 Å². The molecule has 0 unspecified atom stereocenters. The number of ether oxygens (including phenoxy) is 1. The van der Waals surface area contributed by atoms with E-state index in [9.17, 15) is 5.26 Å². The number of nitrogens with zero attached hydrogens (tertiary/aromatic N) is 1. The molecule has 2 fully saturated rings. The van der Waals surface area contributed by atoms with Gasteiger partial charge in [-0.3, -0.25) is 0 Å². The summed E-state index contributed by atoms with van der Waals surface area (Å²) in [5.41, 5.74) is 2.09. The van der Waals surface area contributed by atoms with Crippen molar-refractivity contribution in [1.29, 1.82) is 5.26 Å². The van der Waals surface area contributed by atoms with Gasteiger partial charge in [0.25, 0.3) is 0 Å². The maximum Gasteiger partial charge on any atom is 0.120 e. The summed E-state index contributed by atoms with van der Waals surface area (Å²) < 4.78 is 6.09. The van der Waals surface area contributed by atoms with Crippen molar-refractivity contribution in [2.75, 3.05) is 6.61 Å². The molecule has 0 atom stereocenters. The molecule has 2 heteroatoms. The monoisotopic (exact) mass is 465 g/mol. The average molecular weight is 466 g/mol. The van der Waals surface area contributed by atoms with Crippen LogP contribution in [0.25, 0.3) is 0 Å². The molecule has 0 bridgehead atoms. The van der Waals surface area contributed by atoms with Gasteiger partial charge in [0.15, 0.2) is 0 Å². The second kappa shape index (κ2) is 15.5. The lowest BCUT2D eigenvalue weighted by Gasteiger charge is -2.29. The highest BCUT2D eigenvalue weighted by Crippen LogP contribution is 2.39. The van der Waals surface area contributed by atoms with Crippen LogP contribution in [0, 0.1) is 29.1 Å². The van der Waals surface area contributed by atoms with Crippen LogP contribution < -0.4 is 4.74 Å². The molecule has 0 radical (unpaired) electrons. The summed E-state index contributed by atoms with van der Waals surface area (Å²) in [5.74, 6) is 4.24. The summed E-state index contributed by atoms with van der Waals surface area (Å²) in [6.07, 6.45) is 24.5. The van der Waals surface area contributed by atoms with Crippen molar-refractivity contribution >= 4 is 0 Å². The molecule has 2 saturated carbocycles. The van der Waals surface area contributed by atoms with Crippen LogP contribution in [-0.2, 0) is 0 Å². The molecule has 190 valence electrons. The largest absolute Gasteiger partial charge is 0.494 e. The van der Waals surface area contributed by atoms with E-state index >= 15 is 0 Å². The van der Waals surface area contributed by atoms with E-state index in [1.165, 1.54) is 115 Å². The van der Waals surface area contributed by atoms with E-state index in [1.54, 1.807) is 0 Å². The molecule has 0 amide bonds. The summed E-state index contributed by atoms with van der Waals surface area (Å²) in [5, 5.41) is 9.76. The molecule has 0 aliphatic heterocycles. The normalized spacial score (nSPS) is 25.1. The first-order valence-corrected chi connectivity index (χ1v) is 14.9. The summed E-state index contributed by atoms with van der Waals surface area (Å²) in [4.78, 5) is 0. The van der Waals surface area contributed by atoms with Gasteiger partial charge in [0.05, 0.1) is 18.2 Å². The molecular formula is C32H51NO. The molecule has 0 spiro atoms. The molecule has 3 rings (SSSR count). The Morgan fingerprint density at radius 3 is 2.00 bits per heavy atom. The predicted octanol–water partition coefficient (Wildman–Crippen LogP) is 9.96. The van der Waals surface area contributed by atoms with Crippen molar-refractivity contribution < 1.29 is 4.74 Å². The zero-order valence-corrected chi connectivity index (χ0v) is 22.3. The fraction of sp³-hybridized carbons (Fsp3) is 0.781. The molecule has 2 aliphatic carbocycles. The van der Waals surface area contributed by atoms with Crippen LogP contribution in [0.15, 0.2) is 18.2 Å². The van der Waals surface area contributed by atoms with Gasteiger partial charge in [-0.1, -0.05) is 97.0 Å². The molecule has 2 aliphatic rings. The third-order valence-electron chi connectivity index (χ3n) is 8.84. The SMILES string of the molecule is CCCCCCC[C@H]1CC[C@H](CCCOc2ccc([C@H]3CC[C@H](CCC)CC3)c(C#N)c2)CC1. The molecule has 0 heterocycles. The quantitative estimate of drug-likeness (QED) is 0.256. The molecule has 2 nitrogen and oxygen atoms in total. The van der Waals surface area contributed by atoms with Gasteiger partial charge in [0.2, 0.25) is 0 Å². The minimum Gasteiger partial charge on any atom is -0.494 e. The second-order valence-electron chi connectivity index (χ2n) is 11.4. The number of rotatable bonds is 14. The molecule has 1 aromatic carbocycles. The minimum absolute atomic E-state index is 0.559. The highest BCUT2D eigenvalue weighted by atomic mass is 16.5. The number of nitriles is 1. The molecule has 34 heavy (non-hydrogen) atoms. The van der Waals surface area contributed by atoms with Crippen molar-refractivity contribution in [2.45, 2.75) is 135 Å². The van der Waals surface area contributed by atoms with Gasteiger partial charge in [-0.2, -0.15) is 5.26 Å². The van der Waals surface area contributed by atoms with E-state index in [4.69, 9.17) is 4.74 Å². The second-order valence-corrected chi connectivity index (χ2v) is 11.4. The number of hydrogen-bond donors (Lipinski definition) is 0. The van der Waals surface area contributed by atoms with Crippen molar-refractivity contribution in [1.82, 2.24) is 0 Å². The Balaban J connectivity index is 1.32.